The van der Waals surface area contributed by atoms with Crippen molar-refractivity contribution in [3.63, 3.8) is 0 Å². The maximum Gasteiger partial charge on any atom is 0.0178 e. The molecule has 25 heavy (non-hydrogen) atoms. The van der Waals surface area contributed by atoms with Crippen molar-refractivity contribution in [2.45, 2.75) is 19.6 Å². The molecule has 4 nitrogen and oxygen atoms in total. The molecule has 0 bridgehead atoms. The van der Waals surface area contributed by atoms with Gasteiger partial charge in [-0.3, -0.25) is 0 Å². The molecule has 0 atom stereocenters. The first-order valence-corrected chi connectivity index (χ1v) is 8.02. The first-order valence-electron chi connectivity index (χ1n) is 8.02. The molecule has 134 valence electrons. The van der Waals surface area contributed by atoms with Crippen LogP contribution in [0.15, 0.2) is 91.0 Å². The van der Waals surface area contributed by atoms with Gasteiger partial charge in [-0.1, -0.05) is 91.0 Å². The fourth-order valence-electron chi connectivity index (χ4n) is 1.84. The Balaban J connectivity index is 0.000000339. The van der Waals surface area contributed by atoms with E-state index >= 15 is 0 Å². The smallest absolute Gasteiger partial charge is 0.0178 e. The zero-order valence-corrected chi connectivity index (χ0v) is 14.7. The van der Waals surface area contributed by atoms with E-state index in [1.807, 2.05) is 91.0 Å². The molecular weight excluding hydrogens is 308 g/mol. The van der Waals surface area contributed by atoms with Crippen molar-refractivity contribution in [2.24, 2.45) is 17.2 Å². The normalized spacial score (nSPS) is 8.76. The summed E-state index contributed by atoms with van der Waals surface area (Å²) in [6.45, 7) is 1.92. The summed E-state index contributed by atoms with van der Waals surface area (Å²) in [5.41, 5.74) is 19.6. The highest BCUT2D eigenvalue weighted by atomic mass is 14.5. The monoisotopic (exact) mass is 338 g/mol. The van der Waals surface area contributed by atoms with Crippen molar-refractivity contribution >= 4 is 0 Å². The van der Waals surface area contributed by atoms with Crippen LogP contribution < -0.4 is 23.4 Å². The predicted octanol–water partition coefficient (Wildman–Crippen LogP) is 3.60. The summed E-state index contributed by atoms with van der Waals surface area (Å²) in [4.78, 5) is 0. The van der Waals surface area contributed by atoms with E-state index < -0.39 is 0 Å². The molecule has 0 aromatic heterocycles. The number of nitrogens with two attached hydrogens (primary N) is 3. The molecule has 0 aliphatic rings. The van der Waals surface area contributed by atoms with Crippen LogP contribution in [0.25, 0.3) is 0 Å². The van der Waals surface area contributed by atoms with Gasteiger partial charge in [-0.2, -0.15) is 0 Å². The molecule has 0 amide bonds. The highest BCUT2D eigenvalue weighted by Gasteiger charge is 1.81. The van der Waals surface area contributed by atoms with Gasteiger partial charge in [0.2, 0.25) is 0 Å². The van der Waals surface area contributed by atoms with Crippen molar-refractivity contribution in [3.8, 4) is 0 Å². The minimum Gasteiger partial charge on any atom is -0.344 e. The Morgan fingerprint density at radius 3 is 0.720 bits per heavy atom. The number of hydrogen-bond donors (Lipinski definition) is 4. The zero-order valence-electron chi connectivity index (χ0n) is 14.7. The van der Waals surface area contributed by atoms with Gasteiger partial charge in [0.1, 0.15) is 0 Å². The maximum absolute atomic E-state index is 5.35. The Labute approximate surface area is 151 Å². The van der Waals surface area contributed by atoms with Gasteiger partial charge >= 0.3 is 0 Å². The molecule has 0 spiro atoms. The van der Waals surface area contributed by atoms with Crippen molar-refractivity contribution in [1.82, 2.24) is 6.15 Å². The van der Waals surface area contributed by atoms with Gasteiger partial charge in [-0.25, -0.2) is 0 Å². The summed E-state index contributed by atoms with van der Waals surface area (Å²) in [5, 5.41) is 0. The lowest BCUT2D eigenvalue weighted by Crippen LogP contribution is -1.94. The molecule has 0 aliphatic carbocycles. The van der Waals surface area contributed by atoms with E-state index in [-0.39, 0.29) is 6.15 Å². The Morgan fingerprint density at radius 2 is 0.600 bits per heavy atom. The quantitative estimate of drug-likeness (QED) is 0.584. The predicted molar refractivity (Wildman–Crippen MR) is 108 cm³/mol. The van der Waals surface area contributed by atoms with Crippen LogP contribution in [0.5, 0.6) is 0 Å². The molecular formula is C21H30N4. The fourth-order valence-corrected chi connectivity index (χ4v) is 1.84. The number of hydrogen-bond acceptors (Lipinski definition) is 4. The first-order chi connectivity index (χ1) is 11.8. The van der Waals surface area contributed by atoms with Crippen molar-refractivity contribution in [2.75, 3.05) is 0 Å². The van der Waals surface area contributed by atoms with E-state index in [1.165, 1.54) is 16.7 Å². The molecule has 0 saturated heterocycles. The number of benzene rings is 3. The van der Waals surface area contributed by atoms with E-state index in [9.17, 15) is 0 Å². The topological polar surface area (TPSA) is 113 Å². The van der Waals surface area contributed by atoms with E-state index in [4.69, 9.17) is 17.2 Å². The van der Waals surface area contributed by atoms with Gasteiger partial charge in [0.15, 0.2) is 0 Å². The fraction of sp³-hybridized carbons (Fsp3) is 0.143. The molecule has 0 fully saturated rings. The van der Waals surface area contributed by atoms with E-state index in [1.54, 1.807) is 0 Å². The van der Waals surface area contributed by atoms with Crippen LogP contribution in [0, 0.1) is 0 Å². The Morgan fingerprint density at radius 1 is 0.400 bits per heavy atom. The van der Waals surface area contributed by atoms with E-state index in [2.05, 4.69) is 0 Å². The molecule has 0 aliphatic heterocycles. The second-order valence-electron chi connectivity index (χ2n) is 5.07. The van der Waals surface area contributed by atoms with Crippen molar-refractivity contribution in [3.05, 3.63) is 108 Å². The van der Waals surface area contributed by atoms with Crippen LogP contribution in [0.3, 0.4) is 0 Å². The largest absolute Gasteiger partial charge is 0.344 e. The summed E-state index contributed by atoms with van der Waals surface area (Å²) >= 11 is 0. The van der Waals surface area contributed by atoms with Gasteiger partial charge in [-0.05, 0) is 16.7 Å². The third kappa shape index (κ3) is 10.8. The third-order valence-corrected chi connectivity index (χ3v) is 3.24. The van der Waals surface area contributed by atoms with Gasteiger partial charge < -0.3 is 23.4 Å². The SMILES string of the molecule is N.NCc1ccccc1.NCc1ccccc1.NCc1ccccc1. The molecule has 3 aromatic rings. The third-order valence-electron chi connectivity index (χ3n) is 3.24. The van der Waals surface area contributed by atoms with Crippen LogP contribution in [0.2, 0.25) is 0 Å². The average Bonchev–Trinajstić information content (AvgIpc) is 2.71. The molecule has 0 saturated carbocycles. The molecule has 3 aromatic carbocycles. The summed E-state index contributed by atoms with van der Waals surface area (Å²) in [6, 6.07) is 30.0. The summed E-state index contributed by atoms with van der Waals surface area (Å²) < 4.78 is 0. The molecule has 0 radical (unpaired) electrons. The second kappa shape index (κ2) is 15.1. The van der Waals surface area contributed by atoms with Crippen LogP contribution in [0.1, 0.15) is 16.7 Å². The lowest BCUT2D eigenvalue weighted by atomic mass is 10.2. The average molecular weight is 338 g/mol. The van der Waals surface area contributed by atoms with Crippen LogP contribution in [-0.2, 0) is 19.6 Å². The van der Waals surface area contributed by atoms with Crippen molar-refractivity contribution < 1.29 is 0 Å². The minimum absolute atomic E-state index is 0. The molecule has 9 N–H and O–H groups in total. The molecule has 4 heteroatoms. The lowest BCUT2D eigenvalue weighted by Gasteiger charge is -1.90. The zero-order chi connectivity index (χ0) is 17.5. The van der Waals surface area contributed by atoms with Gasteiger partial charge in [0, 0.05) is 19.6 Å². The first kappa shape index (κ1) is 22.5. The van der Waals surface area contributed by atoms with Gasteiger partial charge in [0.25, 0.3) is 0 Å². The van der Waals surface area contributed by atoms with Crippen LogP contribution in [0.4, 0.5) is 0 Å². The van der Waals surface area contributed by atoms with E-state index in [0.29, 0.717) is 19.6 Å². The van der Waals surface area contributed by atoms with Crippen molar-refractivity contribution in [1.29, 1.82) is 0 Å². The molecule has 0 heterocycles. The Bertz CT molecular complexity index is 534. The van der Waals surface area contributed by atoms with E-state index in [0.717, 1.165) is 0 Å². The number of rotatable bonds is 3. The van der Waals surface area contributed by atoms with Crippen LogP contribution in [-0.4, -0.2) is 0 Å². The minimum atomic E-state index is 0. The Kier molecular flexibility index (Phi) is 13.5. The second-order valence-corrected chi connectivity index (χ2v) is 5.07. The highest BCUT2D eigenvalue weighted by Crippen LogP contribution is 1.95. The van der Waals surface area contributed by atoms with Gasteiger partial charge in [-0.15, -0.1) is 0 Å². The van der Waals surface area contributed by atoms with Gasteiger partial charge in [0.05, 0.1) is 0 Å². The van der Waals surface area contributed by atoms with Crippen LogP contribution >= 0.6 is 0 Å². The standard InChI is InChI=1S/3C7H9N.H3N/c3*8-6-7-4-2-1-3-5-7;/h3*1-5H,6,8H2;1H3. The summed E-state index contributed by atoms with van der Waals surface area (Å²) in [6.07, 6.45) is 0. The summed E-state index contributed by atoms with van der Waals surface area (Å²) in [5.74, 6) is 0. The molecule has 0 unspecified atom stereocenters. The lowest BCUT2D eigenvalue weighted by molar-refractivity contribution is 1.07. The summed E-state index contributed by atoms with van der Waals surface area (Å²) in [7, 11) is 0. The highest BCUT2D eigenvalue weighted by molar-refractivity contribution is 5.15. The maximum atomic E-state index is 5.35. The Hall–Kier alpha value is -2.50. The molecule has 3 rings (SSSR count).